The van der Waals surface area contributed by atoms with Gasteiger partial charge in [-0.2, -0.15) is 5.10 Å². The summed E-state index contributed by atoms with van der Waals surface area (Å²) in [6.45, 7) is 3.96. The van der Waals surface area contributed by atoms with E-state index in [9.17, 15) is 18.0 Å². The molecule has 1 aliphatic rings. The maximum absolute atomic E-state index is 12.9. The highest BCUT2D eigenvalue weighted by Gasteiger charge is 2.31. The van der Waals surface area contributed by atoms with Crippen molar-refractivity contribution in [3.63, 3.8) is 0 Å². The molecule has 1 aliphatic heterocycles. The van der Waals surface area contributed by atoms with Gasteiger partial charge in [0.05, 0.1) is 11.2 Å². The molecule has 2 N–H and O–H groups in total. The molecule has 44 heavy (non-hydrogen) atoms. The Hall–Kier alpha value is -5.10. The third-order valence-corrected chi connectivity index (χ3v) is 7.36. The number of rotatable bonds is 8. The zero-order valence-electron chi connectivity index (χ0n) is 23.8. The molecule has 3 aromatic carbocycles. The molecule has 0 aliphatic carbocycles. The number of nitrogens with one attached hydrogen (secondary N) is 2. The molecule has 1 fully saturated rings. The van der Waals surface area contributed by atoms with Crippen LogP contribution in [0.4, 0.5) is 24.7 Å². The molecule has 1 amide bonds. The van der Waals surface area contributed by atoms with Crippen LogP contribution in [0.3, 0.4) is 0 Å². The zero-order valence-corrected chi connectivity index (χ0v) is 23.8. The Morgan fingerprint density at radius 2 is 1.77 bits per heavy atom. The van der Waals surface area contributed by atoms with Gasteiger partial charge in [-0.1, -0.05) is 18.2 Å². The summed E-state index contributed by atoms with van der Waals surface area (Å²) in [7, 11) is 2.11. The van der Waals surface area contributed by atoms with E-state index in [1.54, 1.807) is 24.4 Å². The Morgan fingerprint density at radius 1 is 0.977 bits per heavy atom. The summed E-state index contributed by atoms with van der Waals surface area (Å²) in [5.41, 5.74) is 4.28. The first-order valence-corrected chi connectivity index (χ1v) is 14.0. The van der Waals surface area contributed by atoms with Crippen molar-refractivity contribution in [3.8, 4) is 22.8 Å². The van der Waals surface area contributed by atoms with Crippen molar-refractivity contribution in [2.75, 3.05) is 43.4 Å². The number of H-pyrrole nitrogens is 1. The zero-order chi connectivity index (χ0) is 30.7. The fraction of sp³-hybridized carbons (Fsp3) is 0.219. The van der Waals surface area contributed by atoms with Gasteiger partial charge in [0.1, 0.15) is 18.1 Å². The standard InChI is InChI=1S/C32H29F3N6O3/c1-40-13-15-41(16-14-40)24-8-5-22(6-9-24)31(42)37-30-19-27(38-39-30)23-7-10-26-28(18-23)36-12-11-29(26)43-20-21-3-2-4-25(17-21)44-32(33,34)35/h2-12,17-19H,13-16,20H2,1H3,(H2,37,38,39,42). The van der Waals surface area contributed by atoms with Crippen LogP contribution in [-0.4, -0.2) is 65.6 Å². The first kappa shape index (κ1) is 29.0. The van der Waals surface area contributed by atoms with Crippen molar-refractivity contribution in [1.29, 1.82) is 0 Å². The van der Waals surface area contributed by atoms with E-state index in [2.05, 4.69) is 42.1 Å². The minimum Gasteiger partial charge on any atom is -0.488 e. The highest BCUT2D eigenvalue weighted by Crippen LogP contribution is 2.30. The van der Waals surface area contributed by atoms with Gasteiger partial charge < -0.3 is 24.6 Å². The van der Waals surface area contributed by atoms with Crippen LogP contribution in [-0.2, 0) is 6.61 Å². The van der Waals surface area contributed by atoms with Crippen LogP contribution in [0.2, 0.25) is 0 Å². The molecule has 0 bridgehead atoms. The maximum atomic E-state index is 12.9. The number of piperazine rings is 1. The molecule has 0 spiro atoms. The second-order valence-electron chi connectivity index (χ2n) is 10.5. The molecule has 3 heterocycles. The van der Waals surface area contributed by atoms with Gasteiger partial charge >= 0.3 is 6.36 Å². The lowest BCUT2D eigenvalue weighted by Gasteiger charge is -2.34. The summed E-state index contributed by atoms with van der Waals surface area (Å²) in [4.78, 5) is 21.9. The molecule has 2 aromatic heterocycles. The molecular weight excluding hydrogens is 573 g/mol. The van der Waals surface area contributed by atoms with Crippen molar-refractivity contribution in [2.24, 2.45) is 0 Å². The number of halogens is 3. The second kappa shape index (κ2) is 12.3. The van der Waals surface area contributed by atoms with E-state index in [-0.39, 0.29) is 18.3 Å². The Kier molecular flexibility index (Phi) is 8.07. The maximum Gasteiger partial charge on any atom is 0.573 e. The number of aromatic nitrogens is 3. The lowest BCUT2D eigenvalue weighted by atomic mass is 10.1. The van der Waals surface area contributed by atoms with Crippen LogP contribution in [0.1, 0.15) is 15.9 Å². The van der Waals surface area contributed by atoms with E-state index < -0.39 is 6.36 Å². The lowest BCUT2D eigenvalue weighted by molar-refractivity contribution is -0.274. The first-order chi connectivity index (χ1) is 21.2. The number of nitrogens with zero attached hydrogens (tertiary/aromatic N) is 4. The first-order valence-electron chi connectivity index (χ1n) is 14.0. The number of hydrogen-bond donors (Lipinski definition) is 2. The van der Waals surface area contributed by atoms with Crippen molar-refractivity contribution < 1.29 is 27.4 Å². The molecule has 0 saturated carbocycles. The van der Waals surface area contributed by atoms with Gasteiger partial charge in [0, 0.05) is 60.6 Å². The summed E-state index contributed by atoms with van der Waals surface area (Å²) >= 11 is 0. The van der Waals surface area contributed by atoms with Gasteiger partial charge in [-0.25, -0.2) is 0 Å². The minimum atomic E-state index is -4.77. The summed E-state index contributed by atoms with van der Waals surface area (Å²) < 4.78 is 47.6. The van der Waals surface area contributed by atoms with E-state index in [1.807, 2.05) is 42.5 Å². The minimum absolute atomic E-state index is 0.0398. The van der Waals surface area contributed by atoms with Crippen LogP contribution < -0.4 is 19.7 Å². The van der Waals surface area contributed by atoms with E-state index in [0.29, 0.717) is 33.9 Å². The number of carbonyl (C=O) groups excluding carboxylic acids is 1. The van der Waals surface area contributed by atoms with Crippen LogP contribution in [0, 0.1) is 0 Å². The molecule has 0 atom stereocenters. The largest absolute Gasteiger partial charge is 0.573 e. The summed E-state index contributed by atoms with van der Waals surface area (Å²) in [6, 6.07) is 22.2. The van der Waals surface area contributed by atoms with E-state index in [0.717, 1.165) is 42.8 Å². The number of anilines is 2. The topological polar surface area (TPSA) is 95.6 Å². The highest BCUT2D eigenvalue weighted by molar-refractivity contribution is 6.04. The predicted molar refractivity (Wildman–Crippen MR) is 161 cm³/mol. The fourth-order valence-electron chi connectivity index (χ4n) is 5.02. The van der Waals surface area contributed by atoms with Crippen molar-refractivity contribution in [1.82, 2.24) is 20.1 Å². The Morgan fingerprint density at radius 3 is 2.55 bits per heavy atom. The Labute approximate surface area is 251 Å². The van der Waals surface area contributed by atoms with Crippen molar-refractivity contribution >= 4 is 28.3 Å². The third-order valence-electron chi connectivity index (χ3n) is 7.36. The monoisotopic (exact) mass is 602 g/mol. The van der Waals surface area contributed by atoms with Crippen LogP contribution in [0.25, 0.3) is 22.2 Å². The van der Waals surface area contributed by atoms with Gasteiger partial charge in [-0.15, -0.1) is 13.2 Å². The van der Waals surface area contributed by atoms with Gasteiger partial charge in [-0.3, -0.25) is 14.9 Å². The number of pyridine rings is 1. The number of benzene rings is 3. The average molecular weight is 603 g/mol. The SMILES string of the molecule is CN1CCN(c2ccc(C(=O)Nc3cc(-c4ccc5c(OCc6cccc(OC(F)(F)F)c6)ccnc5c4)[nH]n3)cc2)CC1. The van der Waals surface area contributed by atoms with Gasteiger partial charge in [0.2, 0.25) is 0 Å². The number of fused-ring (bicyclic) bond motifs is 1. The Balaban J connectivity index is 1.10. The summed E-state index contributed by atoms with van der Waals surface area (Å²) in [5, 5.41) is 10.8. The lowest BCUT2D eigenvalue weighted by Crippen LogP contribution is -2.44. The van der Waals surface area contributed by atoms with Gasteiger partial charge in [0.25, 0.3) is 5.91 Å². The van der Waals surface area contributed by atoms with Crippen molar-refractivity contribution in [3.05, 3.63) is 96.2 Å². The fourth-order valence-corrected chi connectivity index (χ4v) is 5.02. The summed E-state index contributed by atoms with van der Waals surface area (Å²) in [5.74, 6) is 0.345. The normalized spacial score (nSPS) is 14.0. The van der Waals surface area contributed by atoms with E-state index in [4.69, 9.17) is 4.74 Å². The number of hydrogen-bond acceptors (Lipinski definition) is 7. The van der Waals surface area contributed by atoms with Crippen LogP contribution in [0.15, 0.2) is 85.1 Å². The van der Waals surface area contributed by atoms with Gasteiger partial charge in [0.15, 0.2) is 5.82 Å². The van der Waals surface area contributed by atoms with E-state index >= 15 is 0 Å². The Bertz CT molecular complexity index is 1770. The third kappa shape index (κ3) is 6.92. The number of alkyl halides is 3. The second-order valence-corrected chi connectivity index (χ2v) is 10.5. The number of likely N-dealkylation sites (N-methyl/N-ethyl adjacent to an activating group) is 1. The number of aromatic amines is 1. The van der Waals surface area contributed by atoms with Gasteiger partial charge in [-0.05, 0) is 67.2 Å². The molecule has 9 nitrogen and oxygen atoms in total. The van der Waals surface area contributed by atoms with Crippen LogP contribution >= 0.6 is 0 Å². The smallest absolute Gasteiger partial charge is 0.488 e. The van der Waals surface area contributed by atoms with E-state index in [1.165, 1.54) is 18.2 Å². The molecule has 0 unspecified atom stereocenters. The van der Waals surface area contributed by atoms with Crippen molar-refractivity contribution in [2.45, 2.75) is 13.0 Å². The number of ether oxygens (including phenoxy) is 2. The molecular formula is C32H29F3N6O3. The molecule has 226 valence electrons. The molecule has 12 heteroatoms. The number of carbonyl (C=O) groups is 1. The number of amides is 1. The predicted octanol–water partition coefficient (Wildman–Crippen LogP) is 6.11. The molecule has 6 rings (SSSR count). The highest BCUT2D eigenvalue weighted by atomic mass is 19.4. The molecule has 1 saturated heterocycles. The summed E-state index contributed by atoms with van der Waals surface area (Å²) in [6.07, 6.45) is -3.17. The molecule has 0 radical (unpaired) electrons. The van der Waals surface area contributed by atoms with Crippen LogP contribution in [0.5, 0.6) is 11.5 Å². The molecule has 5 aromatic rings. The average Bonchev–Trinajstić information content (AvgIpc) is 3.48. The quantitative estimate of drug-likeness (QED) is 0.221.